The first-order valence-electron chi connectivity index (χ1n) is 8.63. The first-order valence-corrected chi connectivity index (χ1v) is 8.63. The summed E-state index contributed by atoms with van der Waals surface area (Å²) < 4.78 is 0. The summed E-state index contributed by atoms with van der Waals surface area (Å²) >= 11 is 0. The maximum Gasteiger partial charge on any atom is -0.0391 e. The number of hydrogen-bond acceptors (Lipinski definition) is 0. The molecule has 0 aliphatic heterocycles. The van der Waals surface area contributed by atoms with Crippen LogP contribution in [0.5, 0.6) is 0 Å². The van der Waals surface area contributed by atoms with Crippen molar-refractivity contribution in [1.82, 2.24) is 0 Å². The lowest BCUT2D eigenvalue weighted by Gasteiger charge is -2.25. The summed E-state index contributed by atoms with van der Waals surface area (Å²) in [5.41, 5.74) is 0. The van der Waals surface area contributed by atoms with Gasteiger partial charge in [0.1, 0.15) is 0 Å². The van der Waals surface area contributed by atoms with Gasteiger partial charge in [-0.3, -0.25) is 0 Å². The Hall–Kier alpha value is 0. The molecule has 0 bridgehead atoms. The van der Waals surface area contributed by atoms with Gasteiger partial charge in [-0.05, 0) is 17.8 Å². The second-order valence-electron chi connectivity index (χ2n) is 6.49. The summed E-state index contributed by atoms with van der Waals surface area (Å²) in [7, 11) is 0. The quantitative estimate of drug-likeness (QED) is 0.335. The Labute approximate surface area is 117 Å². The Bertz CT molecular complexity index is 161. The zero-order valence-corrected chi connectivity index (χ0v) is 13.8. The van der Waals surface area contributed by atoms with Gasteiger partial charge in [0, 0.05) is 0 Å². The highest BCUT2D eigenvalue weighted by Crippen LogP contribution is 2.27. The van der Waals surface area contributed by atoms with E-state index >= 15 is 0 Å². The van der Waals surface area contributed by atoms with E-state index in [1.165, 1.54) is 64.2 Å². The highest BCUT2D eigenvalue weighted by atomic mass is 14.2. The van der Waals surface area contributed by atoms with E-state index in [1.54, 1.807) is 0 Å². The van der Waals surface area contributed by atoms with E-state index in [1.807, 2.05) is 0 Å². The molecule has 0 saturated carbocycles. The van der Waals surface area contributed by atoms with Crippen molar-refractivity contribution >= 4 is 0 Å². The molecule has 18 heavy (non-hydrogen) atoms. The summed E-state index contributed by atoms with van der Waals surface area (Å²) in [6.45, 7) is 11.9. The molecule has 0 radical (unpaired) electrons. The highest BCUT2D eigenvalue weighted by molar-refractivity contribution is 4.67. The van der Waals surface area contributed by atoms with E-state index in [0.717, 1.165) is 17.8 Å². The first kappa shape index (κ1) is 18.0. The zero-order valence-electron chi connectivity index (χ0n) is 13.8. The standard InChI is InChI=1S/C18H38/c1-6-8-9-10-11-12-13-14-15-17(4)18(5)16(3)7-2/h16-18H,6-15H2,1-5H3. The van der Waals surface area contributed by atoms with Crippen LogP contribution in [0.1, 0.15) is 98.8 Å². The van der Waals surface area contributed by atoms with Gasteiger partial charge in [0.2, 0.25) is 0 Å². The van der Waals surface area contributed by atoms with Crippen LogP contribution in [0.25, 0.3) is 0 Å². The van der Waals surface area contributed by atoms with Gasteiger partial charge >= 0.3 is 0 Å². The summed E-state index contributed by atoms with van der Waals surface area (Å²) in [6.07, 6.45) is 14.4. The summed E-state index contributed by atoms with van der Waals surface area (Å²) in [5.74, 6) is 2.72. The zero-order chi connectivity index (χ0) is 13.8. The van der Waals surface area contributed by atoms with E-state index in [-0.39, 0.29) is 0 Å². The lowest BCUT2D eigenvalue weighted by atomic mass is 9.81. The van der Waals surface area contributed by atoms with Crippen molar-refractivity contribution in [2.24, 2.45) is 17.8 Å². The Morgan fingerprint density at radius 2 is 1.11 bits per heavy atom. The lowest BCUT2D eigenvalue weighted by Crippen LogP contribution is -2.15. The van der Waals surface area contributed by atoms with Crippen LogP contribution >= 0.6 is 0 Å². The van der Waals surface area contributed by atoms with Gasteiger partial charge < -0.3 is 0 Å². The topological polar surface area (TPSA) is 0 Å². The molecule has 0 heteroatoms. The molecule has 3 atom stereocenters. The minimum atomic E-state index is 0.897. The molecule has 110 valence electrons. The summed E-state index contributed by atoms with van der Waals surface area (Å²) in [6, 6.07) is 0. The van der Waals surface area contributed by atoms with Crippen LogP contribution in [0.2, 0.25) is 0 Å². The van der Waals surface area contributed by atoms with E-state index in [0.29, 0.717) is 0 Å². The van der Waals surface area contributed by atoms with E-state index < -0.39 is 0 Å². The van der Waals surface area contributed by atoms with Crippen molar-refractivity contribution < 1.29 is 0 Å². The summed E-state index contributed by atoms with van der Waals surface area (Å²) in [4.78, 5) is 0. The number of hydrogen-bond donors (Lipinski definition) is 0. The van der Waals surface area contributed by atoms with Crippen molar-refractivity contribution in [2.45, 2.75) is 98.8 Å². The smallest absolute Gasteiger partial charge is 0.0391 e. The van der Waals surface area contributed by atoms with Crippen LogP contribution in [0, 0.1) is 17.8 Å². The predicted molar refractivity (Wildman–Crippen MR) is 85.0 cm³/mol. The van der Waals surface area contributed by atoms with Crippen molar-refractivity contribution in [3.05, 3.63) is 0 Å². The molecule has 0 heterocycles. The predicted octanol–water partition coefficient (Wildman–Crippen LogP) is 6.84. The molecule has 0 fully saturated rings. The van der Waals surface area contributed by atoms with Crippen LogP contribution in [0.4, 0.5) is 0 Å². The fourth-order valence-corrected chi connectivity index (χ4v) is 2.80. The molecule has 3 unspecified atom stereocenters. The third-order valence-corrected chi connectivity index (χ3v) is 4.95. The van der Waals surface area contributed by atoms with Gasteiger partial charge in [-0.15, -0.1) is 0 Å². The Morgan fingerprint density at radius 1 is 0.611 bits per heavy atom. The Morgan fingerprint density at radius 3 is 1.61 bits per heavy atom. The average molecular weight is 255 g/mol. The fourth-order valence-electron chi connectivity index (χ4n) is 2.80. The minimum absolute atomic E-state index is 0.897. The fraction of sp³-hybridized carbons (Fsp3) is 1.00. The molecule has 0 nitrogen and oxygen atoms in total. The molecule has 0 spiro atoms. The van der Waals surface area contributed by atoms with E-state index in [2.05, 4.69) is 34.6 Å². The highest BCUT2D eigenvalue weighted by Gasteiger charge is 2.16. The third-order valence-electron chi connectivity index (χ3n) is 4.95. The van der Waals surface area contributed by atoms with Gasteiger partial charge in [0.15, 0.2) is 0 Å². The Kier molecular flexibility index (Phi) is 12.1. The Balaban J connectivity index is 3.37. The summed E-state index contributed by atoms with van der Waals surface area (Å²) in [5, 5.41) is 0. The molecule has 0 amide bonds. The average Bonchev–Trinajstić information content (AvgIpc) is 2.39. The van der Waals surface area contributed by atoms with Gasteiger partial charge in [-0.2, -0.15) is 0 Å². The minimum Gasteiger partial charge on any atom is -0.0654 e. The van der Waals surface area contributed by atoms with Crippen molar-refractivity contribution in [2.75, 3.05) is 0 Å². The maximum absolute atomic E-state index is 2.46. The van der Waals surface area contributed by atoms with Crippen LogP contribution < -0.4 is 0 Å². The van der Waals surface area contributed by atoms with Crippen LogP contribution in [-0.2, 0) is 0 Å². The van der Waals surface area contributed by atoms with Crippen LogP contribution in [0.15, 0.2) is 0 Å². The van der Waals surface area contributed by atoms with Crippen molar-refractivity contribution in [3.8, 4) is 0 Å². The molecule has 0 aliphatic carbocycles. The molecule has 0 aliphatic rings. The molecular weight excluding hydrogens is 216 g/mol. The molecule has 0 saturated heterocycles. The van der Waals surface area contributed by atoms with E-state index in [9.17, 15) is 0 Å². The third kappa shape index (κ3) is 9.00. The lowest BCUT2D eigenvalue weighted by molar-refractivity contribution is 0.255. The largest absolute Gasteiger partial charge is 0.0654 e. The molecular formula is C18H38. The van der Waals surface area contributed by atoms with Crippen molar-refractivity contribution in [3.63, 3.8) is 0 Å². The SMILES string of the molecule is CCCCCCCCCCC(C)C(C)C(C)CC. The van der Waals surface area contributed by atoms with Crippen molar-refractivity contribution in [1.29, 1.82) is 0 Å². The van der Waals surface area contributed by atoms with Gasteiger partial charge in [0.25, 0.3) is 0 Å². The van der Waals surface area contributed by atoms with Gasteiger partial charge in [-0.25, -0.2) is 0 Å². The number of unbranched alkanes of at least 4 members (excludes halogenated alkanes) is 7. The van der Waals surface area contributed by atoms with Gasteiger partial charge in [0.05, 0.1) is 0 Å². The molecule has 0 aromatic carbocycles. The number of rotatable bonds is 12. The molecule has 0 aromatic rings. The van der Waals surface area contributed by atoms with Gasteiger partial charge in [-0.1, -0.05) is 98.8 Å². The second-order valence-corrected chi connectivity index (χ2v) is 6.49. The molecule has 0 rings (SSSR count). The molecule has 0 aromatic heterocycles. The maximum atomic E-state index is 2.46. The normalized spacial score (nSPS) is 16.5. The van der Waals surface area contributed by atoms with E-state index in [4.69, 9.17) is 0 Å². The monoisotopic (exact) mass is 254 g/mol. The molecule has 0 N–H and O–H groups in total. The van der Waals surface area contributed by atoms with Crippen LogP contribution in [-0.4, -0.2) is 0 Å². The second kappa shape index (κ2) is 12.1. The first-order chi connectivity index (χ1) is 8.63. The van der Waals surface area contributed by atoms with Crippen LogP contribution in [0.3, 0.4) is 0 Å².